The summed E-state index contributed by atoms with van der Waals surface area (Å²) in [7, 11) is 4.21. The van der Waals surface area contributed by atoms with Crippen LogP contribution >= 0.6 is 0 Å². The predicted molar refractivity (Wildman–Crippen MR) is 99.5 cm³/mol. The maximum absolute atomic E-state index is 12.2. The third-order valence-electron chi connectivity index (χ3n) is 3.83. The molecular weight excluding hydrogens is 366 g/mol. The summed E-state index contributed by atoms with van der Waals surface area (Å²) in [6.07, 6.45) is 0. The fraction of sp³-hybridized carbons (Fsp3) is 0.250. The number of benzene rings is 2. The Kier molecular flexibility index (Phi) is 7.38. The number of ether oxygens (including phenoxy) is 4. The molecule has 0 saturated carbocycles. The topological polar surface area (TPSA) is 100 Å². The molecule has 28 heavy (non-hydrogen) atoms. The zero-order chi connectivity index (χ0) is 20.5. The van der Waals surface area contributed by atoms with Gasteiger partial charge in [0.25, 0.3) is 5.91 Å². The van der Waals surface area contributed by atoms with E-state index < -0.39 is 24.5 Å². The maximum Gasteiger partial charge on any atom is 0.342 e. The molecule has 2 aromatic rings. The Bertz CT molecular complexity index is 846. The van der Waals surface area contributed by atoms with E-state index in [4.69, 9.17) is 14.2 Å². The van der Waals surface area contributed by atoms with Gasteiger partial charge in [0.15, 0.2) is 6.61 Å². The van der Waals surface area contributed by atoms with Crippen LogP contribution in [0.1, 0.15) is 26.3 Å². The number of hydrogen-bond donors (Lipinski definition) is 1. The smallest absolute Gasteiger partial charge is 0.342 e. The number of carbonyl (C=O) groups is 3. The Balaban J connectivity index is 1.87. The molecule has 0 spiro atoms. The van der Waals surface area contributed by atoms with Gasteiger partial charge < -0.3 is 24.3 Å². The van der Waals surface area contributed by atoms with E-state index in [1.165, 1.54) is 27.4 Å². The van der Waals surface area contributed by atoms with Crippen molar-refractivity contribution in [3.63, 3.8) is 0 Å². The number of hydrogen-bond acceptors (Lipinski definition) is 7. The Morgan fingerprint density at radius 1 is 0.893 bits per heavy atom. The fourth-order valence-electron chi connectivity index (χ4n) is 2.31. The molecule has 0 fully saturated rings. The fourth-order valence-corrected chi connectivity index (χ4v) is 2.31. The van der Waals surface area contributed by atoms with Crippen LogP contribution in [0, 0.1) is 0 Å². The second kappa shape index (κ2) is 9.96. The summed E-state index contributed by atoms with van der Waals surface area (Å²) >= 11 is 0. The number of rotatable bonds is 8. The van der Waals surface area contributed by atoms with E-state index in [0.717, 1.165) is 5.56 Å². The van der Waals surface area contributed by atoms with E-state index in [1.54, 1.807) is 36.4 Å². The molecule has 8 nitrogen and oxygen atoms in total. The number of methoxy groups -OCH3 is 3. The van der Waals surface area contributed by atoms with Crippen molar-refractivity contribution in [3.05, 3.63) is 59.2 Å². The number of carbonyl (C=O) groups excluding carboxylic acids is 3. The van der Waals surface area contributed by atoms with Gasteiger partial charge in [-0.15, -0.1) is 0 Å². The molecule has 0 aliphatic heterocycles. The highest BCUT2D eigenvalue weighted by Gasteiger charge is 2.16. The molecule has 148 valence electrons. The Hall–Kier alpha value is -3.55. The van der Waals surface area contributed by atoms with E-state index in [0.29, 0.717) is 17.1 Å². The molecule has 0 saturated heterocycles. The molecule has 0 aliphatic rings. The van der Waals surface area contributed by atoms with Crippen LogP contribution in [0.15, 0.2) is 42.5 Å². The second-order valence-corrected chi connectivity index (χ2v) is 5.61. The highest BCUT2D eigenvalue weighted by atomic mass is 16.5. The van der Waals surface area contributed by atoms with Crippen LogP contribution < -0.4 is 14.8 Å². The van der Waals surface area contributed by atoms with Gasteiger partial charge in [0.1, 0.15) is 17.1 Å². The lowest BCUT2D eigenvalue weighted by atomic mass is 10.1. The molecule has 8 heteroatoms. The van der Waals surface area contributed by atoms with Gasteiger partial charge in [0, 0.05) is 6.54 Å². The van der Waals surface area contributed by atoms with Crippen molar-refractivity contribution in [2.75, 3.05) is 27.9 Å². The largest absolute Gasteiger partial charge is 0.497 e. The van der Waals surface area contributed by atoms with Crippen molar-refractivity contribution in [1.29, 1.82) is 0 Å². The van der Waals surface area contributed by atoms with E-state index in [9.17, 15) is 14.4 Å². The van der Waals surface area contributed by atoms with Gasteiger partial charge >= 0.3 is 11.9 Å². The predicted octanol–water partition coefficient (Wildman–Crippen LogP) is 1.96. The van der Waals surface area contributed by atoms with Crippen molar-refractivity contribution in [2.45, 2.75) is 6.54 Å². The minimum absolute atomic E-state index is 0.160. The van der Waals surface area contributed by atoms with Crippen molar-refractivity contribution >= 4 is 17.8 Å². The summed E-state index contributed by atoms with van der Waals surface area (Å²) in [5.74, 6) is -0.819. The summed E-state index contributed by atoms with van der Waals surface area (Å²) in [4.78, 5) is 35.5. The lowest BCUT2D eigenvalue weighted by Gasteiger charge is -2.10. The van der Waals surface area contributed by atoms with Gasteiger partial charge in [-0.3, -0.25) is 4.79 Å². The van der Waals surface area contributed by atoms with E-state index in [-0.39, 0.29) is 12.1 Å². The van der Waals surface area contributed by atoms with Crippen molar-refractivity contribution in [1.82, 2.24) is 5.32 Å². The average molecular weight is 387 g/mol. The van der Waals surface area contributed by atoms with Crippen molar-refractivity contribution in [2.24, 2.45) is 0 Å². The first-order chi connectivity index (χ1) is 13.5. The molecule has 2 rings (SSSR count). The quantitative estimate of drug-likeness (QED) is 0.691. The molecule has 0 heterocycles. The van der Waals surface area contributed by atoms with Gasteiger partial charge in [0.05, 0.1) is 26.9 Å². The maximum atomic E-state index is 12.2. The van der Waals surface area contributed by atoms with Gasteiger partial charge in [-0.1, -0.05) is 12.1 Å². The first-order valence-electron chi connectivity index (χ1n) is 8.31. The summed E-state index contributed by atoms with van der Waals surface area (Å²) in [5.41, 5.74) is 1.36. The monoisotopic (exact) mass is 387 g/mol. The summed E-state index contributed by atoms with van der Waals surface area (Å²) in [5, 5.41) is 2.63. The Morgan fingerprint density at radius 2 is 1.61 bits per heavy atom. The van der Waals surface area contributed by atoms with Crippen LogP contribution in [0.4, 0.5) is 0 Å². The first kappa shape index (κ1) is 20.8. The lowest BCUT2D eigenvalue weighted by Crippen LogP contribution is -2.28. The van der Waals surface area contributed by atoms with Crippen LogP contribution in [0.25, 0.3) is 0 Å². The molecule has 1 N–H and O–H groups in total. The minimum atomic E-state index is -0.701. The molecule has 0 radical (unpaired) electrons. The molecule has 0 atom stereocenters. The standard InChI is InChI=1S/C20H21NO7/c1-25-15-8-9-17(26-2)16(10-15)20(24)28-12-18(22)21-11-13-4-6-14(7-5-13)19(23)27-3/h4-10H,11-12H2,1-3H3,(H,21,22). The highest BCUT2D eigenvalue weighted by Crippen LogP contribution is 2.24. The highest BCUT2D eigenvalue weighted by molar-refractivity contribution is 5.94. The normalized spacial score (nSPS) is 9.96. The van der Waals surface area contributed by atoms with E-state index in [2.05, 4.69) is 10.1 Å². The molecule has 0 bridgehead atoms. The summed E-state index contributed by atoms with van der Waals surface area (Å²) < 4.78 is 19.9. The lowest BCUT2D eigenvalue weighted by molar-refractivity contribution is -0.124. The van der Waals surface area contributed by atoms with Crippen LogP contribution in [0.3, 0.4) is 0 Å². The molecule has 0 unspecified atom stereocenters. The van der Waals surface area contributed by atoms with E-state index >= 15 is 0 Å². The summed E-state index contributed by atoms with van der Waals surface area (Å²) in [6, 6.07) is 11.3. The summed E-state index contributed by atoms with van der Waals surface area (Å²) in [6.45, 7) is -0.222. The Morgan fingerprint density at radius 3 is 2.21 bits per heavy atom. The third kappa shape index (κ3) is 5.47. The van der Waals surface area contributed by atoms with E-state index in [1.807, 2.05) is 0 Å². The average Bonchev–Trinajstić information content (AvgIpc) is 2.75. The first-order valence-corrected chi connectivity index (χ1v) is 8.31. The minimum Gasteiger partial charge on any atom is -0.497 e. The molecule has 0 aliphatic carbocycles. The van der Waals surface area contributed by atoms with Crippen LogP contribution in [0.2, 0.25) is 0 Å². The number of esters is 2. The van der Waals surface area contributed by atoms with Crippen molar-refractivity contribution in [3.8, 4) is 11.5 Å². The van der Waals surface area contributed by atoms with Crippen LogP contribution in [-0.4, -0.2) is 45.8 Å². The number of amides is 1. The van der Waals surface area contributed by atoms with Gasteiger partial charge in [-0.05, 0) is 35.9 Å². The zero-order valence-corrected chi connectivity index (χ0v) is 15.8. The molecule has 0 aromatic heterocycles. The van der Waals surface area contributed by atoms with Crippen LogP contribution in [-0.2, 0) is 20.8 Å². The molecule has 1 amide bonds. The zero-order valence-electron chi connectivity index (χ0n) is 15.8. The van der Waals surface area contributed by atoms with Gasteiger partial charge in [-0.2, -0.15) is 0 Å². The SMILES string of the molecule is COC(=O)c1ccc(CNC(=O)COC(=O)c2cc(OC)ccc2OC)cc1. The van der Waals surface area contributed by atoms with Gasteiger partial charge in [-0.25, -0.2) is 9.59 Å². The third-order valence-corrected chi connectivity index (χ3v) is 3.83. The molecular formula is C20H21NO7. The van der Waals surface area contributed by atoms with Gasteiger partial charge in [0.2, 0.25) is 0 Å². The molecule has 2 aromatic carbocycles. The van der Waals surface area contributed by atoms with Crippen LogP contribution in [0.5, 0.6) is 11.5 Å². The van der Waals surface area contributed by atoms with Crippen molar-refractivity contribution < 1.29 is 33.3 Å². The number of nitrogens with one attached hydrogen (secondary N) is 1. The Labute approximate surface area is 162 Å². The second-order valence-electron chi connectivity index (χ2n) is 5.61.